The number of aromatic nitrogens is 6. The van der Waals surface area contributed by atoms with Gasteiger partial charge in [0.1, 0.15) is 0 Å². The van der Waals surface area contributed by atoms with Crippen LogP contribution in [-0.4, -0.2) is 47.5 Å². The summed E-state index contributed by atoms with van der Waals surface area (Å²) in [6.07, 6.45) is 3.27. The van der Waals surface area contributed by atoms with Crippen molar-refractivity contribution in [2.45, 2.75) is 20.0 Å². The van der Waals surface area contributed by atoms with Crippen molar-refractivity contribution in [1.29, 1.82) is 0 Å². The lowest BCUT2D eigenvalue weighted by molar-refractivity contribution is 0.0705. The van der Waals surface area contributed by atoms with Gasteiger partial charge in [0.25, 0.3) is 5.91 Å². The Morgan fingerprint density at radius 2 is 2.24 bits per heavy atom. The van der Waals surface area contributed by atoms with E-state index in [2.05, 4.69) is 25.5 Å². The molecule has 106 valence electrons. The molecule has 4 rings (SSSR count). The van der Waals surface area contributed by atoms with E-state index in [9.17, 15) is 4.79 Å². The molecule has 0 aromatic carbocycles. The molecule has 3 aromatic heterocycles. The number of aromatic amines is 1. The van der Waals surface area contributed by atoms with Gasteiger partial charge in [-0.3, -0.25) is 9.89 Å². The van der Waals surface area contributed by atoms with Crippen LogP contribution in [0.1, 0.15) is 21.7 Å². The molecule has 4 heterocycles. The number of nitrogens with one attached hydrogen (secondary N) is 1. The van der Waals surface area contributed by atoms with Crippen LogP contribution in [0.5, 0.6) is 0 Å². The normalized spacial score (nSPS) is 14.4. The summed E-state index contributed by atoms with van der Waals surface area (Å²) in [5.74, 6) is -0.0301. The minimum atomic E-state index is -0.0301. The van der Waals surface area contributed by atoms with E-state index in [-0.39, 0.29) is 5.91 Å². The fourth-order valence-electron chi connectivity index (χ4n) is 2.57. The van der Waals surface area contributed by atoms with Crippen molar-refractivity contribution in [2.24, 2.45) is 0 Å². The summed E-state index contributed by atoms with van der Waals surface area (Å²) in [5, 5.41) is 15.7. The lowest BCUT2D eigenvalue weighted by Crippen LogP contribution is -2.38. The van der Waals surface area contributed by atoms with Gasteiger partial charge in [0.05, 0.1) is 30.5 Å². The zero-order valence-corrected chi connectivity index (χ0v) is 11.4. The highest BCUT2D eigenvalue weighted by Gasteiger charge is 2.23. The minimum absolute atomic E-state index is 0.0301. The Labute approximate surface area is 119 Å². The molecule has 1 aliphatic rings. The van der Waals surface area contributed by atoms with E-state index in [1.165, 1.54) is 0 Å². The van der Waals surface area contributed by atoms with E-state index in [4.69, 9.17) is 0 Å². The number of amides is 1. The summed E-state index contributed by atoms with van der Waals surface area (Å²) in [5.41, 5.74) is 3.06. The highest BCUT2D eigenvalue weighted by molar-refractivity contribution is 5.97. The maximum absolute atomic E-state index is 12.6. The van der Waals surface area contributed by atoms with Crippen LogP contribution in [0, 0.1) is 6.92 Å². The van der Waals surface area contributed by atoms with Crippen LogP contribution >= 0.6 is 0 Å². The van der Waals surface area contributed by atoms with Crippen molar-refractivity contribution in [2.75, 3.05) is 6.54 Å². The first-order valence-corrected chi connectivity index (χ1v) is 6.70. The third-order valence-electron chi connectivity index (χ3n) is 3.77. The standard InChI is InChI=1S/C13H13N7O/c1-8-11-4-9(5-14-12(11)17-16-8)13(21)19-2-3-20-10(7-19)6-15-18-20/h4-6H,2-3,7H2,1H3,(H,14,16,17). The van der Waals surface area contributed by atoms with Crippen LogP contribution in [0.25, 0.3) is 11.0 Å². The first-order chi connectivity index (χ1) is 10.2. The number of carbonyl (C=O) groups is 1. The smallest absolute Gasteiger partial charge is 0.255 e. The van der Waals surface area contributed by atoms with E-state index in [0.717, 1.165) is 16.8 Å². The quantitative estimate of drug-likeness (QED) is 0.702. The monoisotopic (exact) mass is 283 g/mol. The van der Waals surface area contributed by atoms with Gasteiger partial charge in [-0.05, 0) is 13.0 Å². The molecule has 21 heavy (non-hydrogen) atoms. The van der Waals surface area contributed by atoms with Crippen molar-refractivity contribution < 1.29 is 4.79 Å². The minimum Gasteiger partial charge on any atom is -0.331 e. The summed E-state index contributed by atoms with van der Waals surface area (Å²) in [4.78, 5) is 18.6. The molecule has 0 unspecified atom stereocenters. The topological polar surface area (TPSA) is 92.6 Å². The number of hydrogen-bond acceptors (Lipinski definition) is 5. The summed E-state index contributed by atoms with van der Waals surface area (Å²) < 4.78 is 1.82. The summed E-state index contributed by atoms with van der Waals surface area (Å²) >= 11 is 0. The van der Waals surface area contributed by atoms with Crippen molar-refractivity contribution in [3.63, 3.8) is 0 Å². The predicted molar refractivity (Wildman–Crippen MR) is 73.4 cm³/mol. The third-order valence-corrected chi connectivity index (χ3v) is 3.77. The Morgan fingerprint density at radius 3 is 3.14 bits per heavy atom. The maximum atomic E-state index is 12.6. The van der Waals surface area contributed by atoms with Gasteiger partial charge in [-0.25, -0.2) is 9.67 Å². The van der Waals surface area contributed by atoms with Gasteiger partial charge in [0.2, 0.25) is 0 Å². The first kappa shape index (κ1) is 12.0. The van der Waals surface area contributed by atoms with Gasteiger partial charge in [0, 0.05) is 23.8 Å². The van der Waals surface area contributed by atoms with E-state index < -0.39 is 0 Å². The fraction of sp³-hybridized carbons (Fsp3) is 0.308. The van der Waals surface area contributed by atoms with E-state index in [1.807, 2.05) is 17.7 Å². The van der Waals surface area contributed by atoms with Crippen molar-refractivity contribution >= 4 is 16.9 Å². The fourth-order valence-corrected chi connectivity index (χ4v) is 2.57. The number of rotatable bonds is 1. The van der Waals surface area contributed by atoms with E-state index >= 15 is 0 Å². The highest BCUT2D eigenvalue weighted by atomic mass is 16.2. The Morgan fingerprint density at radius 1 is 1.33 bits per heavy atom. The molecule has 0 bridgehead atoms. The second kappa shape index (κ2) is 4.37. The summed E-state index contributed by atoms with van der Waals surface area (Å²) in [6, 6.07) is 1.84. The molecule has 0 atom stereocenters. The van der Waals surface area contributed by atoms with Gasteiger partial charge < -0.3 is 4.90 Å². The van der Waals surface area contributed by atoms with Gasteiger partial charge >= 0.3 is 0 Å². The van der Waals surface area contributed by atoms with Crippen molar-refractivity contribution in [3.05, 3.63) is 35.4 Å². The van der Waals surface area contributed by atoms with Crippen LogP contribution < -0.4 is 0 Å². The van der Waals surface area contributed by atoms with Gasteiger partial charge in [0.15, 0.2) is 5.65 Å². The molecule has 0 spiro atoms. The molecule has 3 aromatic rings. The maximum Gasteiger partial charge on any atom is 0.255 e. The van der Waals surface area contributed by atoms with Crippen LogP contribution in [0.2, 0.25) is 0 Å². The molecular formula is C13H13N7O. The third kappa shape index (κ3) is 1.87. The number of pyridine rings is 1. The average Bonchev–Trinajstić information content (AvgIpc) is 3.12. The van der Waals surface area contributed by atoms with Crippen LogP contribution in [0.15, 0.2) is 18.5 Å². The van der Waals surface area contributed by atoms with Crippen LogP contribution in [0.3, 0.4) is 0 Å². The molecular weight excluding hydrogens is 270 g/mol. The highest BCUT2D eigenvalue weighted by Crippen LogP contribution is 2.18. The molecule has 0 aliphatic carbocycles. The Hall–Kier alpha value is -2.77. The molecule has 0 saturated heterocycles. The van der Waals surface area contributed by atoms with Crippen molar-refractivity contribution in [1.82, 2.24) is 35.1 Å². The van der Waals surface area contributed by atoms with Crippen LogP contribution in [-0.2, 0) is 13.1 Å². The van der Waals surface area contributed by atoms with E-state index in [1.54, 1.807) is 17.3 Å². The lowest BCUT2D eigenvalue weighted by Gasteiger charge is -2.27. The average molecular weight is 283 g/mol. The molecule has 0 radical (unpaired) electrons. The van der Waals surface area contributed by atoms with E-state index in [0.29, 0.717) is 30.8 Å². The second-order valence-corrected chi connectivity index (χ2v) is 5.12. The number of aryl methyl sites for hydroxylation is 1. The number of H-pyrrole nitrogens is 1. The molecule has 1 aliphatic heterocycles. The zero-order valence-electron chi connectivity index (χ0n) is 11.4. The molecule has 0 saturated carbocycles. The molecule has 0 fully saturated rings. The van der Waals surface area contributed by atoms with Crippen LogP contribution in [0.4, 0.5) is 0 Å². The largest absolute Gasteiger partial charge is 0.331 e. The zero-order chi connectivity index (χ0) is 14.4. The van der Waals surface area contributed by atoms with Gasteiger partial charge in [-0.2, -0.15) is 5.10 Å². The van der Waals surface area contributed by atoms with Gasteiger partial charge in [-0.15, -0.1) is 5.10 Å². The molecule has 1 N–H and O–H groups in total. The molecule has 8 nitrogen and oxygen atoms in total. The summed E-state index contributed by atoms with van der Waals surface area (Å²) in [7, 11) is 0. The lowest BCUT2D eigenvalue weighted by atomic mass is 10.1. The predicted octanol–water partition coefficient (Wildman–Crippen LogP) is 0.514. The SMILES string of the molecule is Cc1[nH]nc2ncc(C(=O)N3CCn4nncc4C3)cc12. The Bertz CT molecular complexity index is 834. The number of nitrogens with zero attached hydrogens (tertiary/aromatic N) is 6. The number of carbonyl (C=O) groups excluding carboxylic acids is 1. The Kier molecular flexibility index (Phi) is 2.50. The van der Waals surface area contributed by atoms with Crippen molar-refractivity contribution in [3.8, 4) is 0 Å². The summed E-state index contributed by atoms with van der Waals surface area (Å²) in [6.45, 7) is 3.73. The molecule has 8 heteroatoms. The second-order valence-electron chi connectivity index (χ2n) is 5.12. The number of fused-ring (bicyclic) bond motifs is 2. The molecule has 1 amide bonds. The first-order valence-electron chi connectivity index (χ1n) is 6.70. The van der Waals surface area contributed by atoms with Gasteiger partial charge in [-0.1, -0.05) is 5.21 Å². The Balaban J connectivity index is 1.66. The number of hydrogen-bond donors (Lipinski definition) is 1.